The van der Waals surface area contributed by atoms with E-state index in [9.17, 15) is 15.0 Å². The Bertz CT molecular complexity index is 134. The highest BCUT2D eigenvalue weighted by molar-refractivity contribution is 5.75. The third-order valence-electron chi connectivity index (χ3n) is 1.69. The summed E-state index contributed by atoms with van der Waals surface area (Å²) in [7, 11) is 0. The largest absolute Gasteiger partial charge is 0.393 e. The molecular formula is C9H18O3. The minimum absolute atomic E-state index is 0.0359. The van der Waals surface area contributed by atoms with Crippen LogP contribution in [-0.2, 0) is 4.79 Å². The lowest BCUT2D eigenvalue weighted by Crippen LogP contribution is -2.19. The number of hydrogen-bond acceptors (Lipinski definition) is 3. The van der Waals surface area contributed by atoms with Crippen molar-refractivity contribution in [2.75, 3.05) is 0 Å². The Labute approximate surface area is 73.4 Å². The molecule has 72 valence electrons. The summed E-state index contributed by atoms with van der Waals surface area (Å²) in [5, 5.41) is 18.5. The van der Waals surface area contributed by atoms with Crippen LogP contribution < -0.4 is 0 Å². The van der Waals surface area contributed by atoms with Crippen molar-refractivity contribution in [3.05, 3.63) is 0 Å². The minimum atomic E-state index is -0.677. The van der Waals surface area contributed by atoms with Gasteiger partial charge < -0.3 is 10.2 Å². The summed E-state index contributed by atoms with van der Waals surface area (Å²) in [5.41, 5.74) is 0. The monoisotopic (exact) mass is 174 g/mol. The molecule has 0 aliphatic rings. The Hall–Kier alpha value is -0.410. The van der Waals surface area contributed by atoms with Crippen molar-refractivity contribution < 1.29 is 15.0 Å². The van der Waals surface area contributed by atoms with Gasteiger partial charge in [-0.25, -0.2) is 0 Å². The molecule has 12 heavy (non-hydrogen) atoms. The Kier molecular flexibility index (Phi) is 5.93. The van der Waals surface area contributed by atoms with E-state index in [1.165, 1.54) is 6.92 Å². The molecular weight excluding hydrogens is 156 g/mol. The van der Waals surface area contributed by atoms with Crippen LogP contribution in [0.5, 0.6) is 0 Å². The van der Waals surface area contributed by atoms with Crippen LogP contribution >= 0.6 is 0 Å². The van der Waals surface area contributed by atoms with E-state index in [1.54, 1.807) is 0 Å². The van der Waals surface area contributed by atoms with Crippen molar-refractivity contribution in [2.24, 2.45) is 0 Å². The maximum Gasteiger partial charge on any atom is 0.132 e. The van der Waals surface area contributed by atoms with Crippen LogP contribution in [-0.4, -0.2) is 28.2 Å². The number of carbonyl (C=O) groups excluding carboxylic acids is 1. The van der Waals surface area contributed by atoms with Crippen molar-refractivity contribution >= 4 is 5.78 Å². The molecule has 0 aromatic heterocycles. The summed E-state index contributed by atoms with van der Waals surface area (Å²) < 4.78 is 0. The van der Waals surface area contributed by atoms with Crippen LogP contribution in [0.4, 0.5) is 0 Å². The highest BCUT2D eigenvalue weighted by Crippen LogP contribution is 2.07. The second kappa shape index (κ2) is 6.14. The molecule has 0 aliphatic heterocycles. The highest BCUT2D eigenvalue weighted by Gasteiger charge is 2.12. The van der Waals surface area contributed by atoms with Crippen LogP contribution in [0.25, 0.3) is 0 Å². The minimum Gasteiger partial charge on any atom is -0.393 e. The van der Waals surface area contributed by atoms with E-state index in [0.717, 1.165) is 6.42 Å². The van der Waals surface area contributed by atoms with Crippen molar-refractivity contribution in [1.82, 2.24) is 0 Å². The lowest BCUT2D eigenvalue weighted by molar-refractivity contribution is -0.119. The molecule has 0 spiro atoms. The summed E-state index contributed by atoms with van der Waals surface area (Å²) in [6.07, 6.45) is 0.908. The second-order valence-electron chi connectivity index (χ2n) is 3.24. The van der Waals surface area contributed by atoms with Gasteiger partial charge in [-0.15, -0.1) is 0 Å². The Balaban J connectivity index is 3.53. The fourth-order valence-corrected chi connectivity index (χ4v) is 1.18. The Morgan fingerprint density at radius 3 is 2.33 bits per heavy atom. The number of carbonyl (C=O) groups is 1. The summed E-state index contributed by atoms with van der Waals surface area (Å²) in [6, 6.07) is 0. The molecule has 0 aliphatic carbocycles. The van der Waals surface area contributed by atoms with Gasteiger partial charge in [-0.1, -0.05) is 13.3 Å². The standard InChI is InChI=1S/C9H18O3/c1-3-4-8(11)6-9(12)5-7(2)10/h8-9,11-12H,3-6H2,1-2H3/t8-,9+/m1/s1. The second-order valence-corrected chi connectivity index (χ2v) is 3.24. The summed E-state index contributed by atoms with van der Waals surface area (Å²) in [6.45, 7) is 3.41. The lowest BCUT2D eigenvalue weighted by Gasteiger charge is -2.13. The number of rotatable bonds is 6. The summed E-state index contributed by atoms with van der Waals surface area (Å²) in [4.78, 5) is 10.6. The highest BCUT2D eigenvalue weighted by atomic mass is 16.3. The van der Waals surface area contributed by atoms with Crippen molar-refractivity contribution in [2.45, 2.75) is 51.7 Å². The van der Waals surface area contributed by atoms with E-state index >= 15 is 0 Å². The van der Waals surface area contributed by atoms with Crippen LogP contribution in [0.15, 0.2) is 0 Å². The molecule has 0 rings (SSSR count). The molecule has 2 N–H and O–H groups in total. The zero-order valence-corrected chi connectivity index (χ0v) is 7.79. The van der Waals surface area contributed by atoms with E-state index in [2.05, 4.69) is 0 Å². The average Bonchev–Trinajstić information content (AvgIpc) is 1.84. The van der Waals surface area contributed by atoms with Gasteiger partial charge in [0.1, 0.15) is 5.78 Å². The van der Waals surface area contributed by atoms with E-state index in [-0.39, 0.29) is 12.2 Å². The quantitative estimate of drug-likeness (QED) is 0.628. The number of Topliss-reactive ketones (excluding diaryl/α,β-unsaturated/α-hetero) is 1. The van der Waals surface area contributed by atoms with Crippen molar-refractivity contribution in [3.8, 4) is 0 Å². The van der Waals surface area contributed by atoms with Gasteiger partial charge in [0.05, 0.1) is 12.2 Å². The lowest BCUT2D eigenvalue weighted by atomic mass is 10.0. The first-order valence-corrected chi connectivity index (χ1v) is 4.41. The zero-order valence-electron chi connectivity index (χ0n) is 7.79. The SMILES string of the molecule is CCC[C@@H](O)C[C@@H](O)CC(C)=O. The number of aliphatic hydroxyl groups excluding tert-OH is 2. The molecule has 2 atom stereocenters. The first kappa shape index (κ1) is 11.6. The molecule has 0 heterocycles. The maximum absolute atomic E-state index is 10.6. The third kappa shape index (κ3) is 6.31. The molecule has 0 saturated heterocycles. The molecule has 0 bridgehead atoms. The number of hydrogen-bond donors (Lipinski definition) is 2. The molecule has 0 fully saturated rings. The molecule has 0 saturated carbocycles. The van der Waals surface area contributed by atoms with E-state index in [4.69, 9.17) is 0 Å². The molecule has 0 aromatic carbocycles. The van der Waals surface area contributed by atoms with E-state index in [0.29, 0.717) is 12.8 Å². The molecule has 0 aromatic rings. The molecule has 3 heteroatoms. The fourth-order valence-electron chi connectivity index (χ4n) is 1.18. The maximum atomic E-state index is 10.6. The van der Waals surface area contributed by atoms with Crippen LogP contribution in [0.3, 0.4) is 0 Å². The molecule has 0 radical (unpaired) electrons. The van der Waals surface area contributed by atoms with Crippen LogP contribution in [0.1, 0.15) is 39.5 Å². The number of ketones is 1. The van der Waals surface area contributed by atoms with Gasteiger partial charge in [0.15, 0.2) is 0 Å². The Morgan fingerprint density at radius 2 is 1.92 bits per heavy atom. The van der Waals surface area contributed by atoms with Crippen molar-refractivity contribution in [3.63, 3.8) is 0 Å². The van der Waals surface area contributed by atoms with E-state index < -0.39 is 12.2 Å². The van der Waals surface area contributed by atoms with Gasteiger partial charge in [-0.2, -0.15) is 0 Å². The van der Waals surface area contributed by atoms with Gasteiger partial charge in [0.25, 0.3) is 0 Å². The third-order valence-corrected chi connectivity index (χ3v) is 1.69. The van der Waals surface area contributed by atoms with Gasteiger partial charge >= 0.3 is 0 Å². The predicted molar refractivity (Wildman–Crippen MR) is 46.8 cm³/mol. The van der Waals surface area contributed by atoms with Gasteiger partial charge in [0, 0.05) is 6.42 Å². The van der Waals surface area contributed by atoms with E-state index in [1.807, 2.05) is 6.92 Å². The van der Waals surface area contributed by atoms with Gasteiger partial charge in [-0.3, -0.25) is 4.79 Å². The van der Waals surface area contributed by atoms with Gasteiger partial charge in [0.2, 0.25) is 0 Å². The molecule has 0 amide bonds. The topological polar surface area (TPSA) is 57.5 Å². The summed E-state index contributed by atoms with van der Waals surface area (Å²) >= 11 is 0. The number of aliphatic hydroxyl groups is 2. The van der Waals surface area contributed by atoms with Crippen LogP contribution in [0.2, 0.25) is 0 Å². The zero-order chi connectivity index (χ0) is 9.56. The molecule has 0 unspecified atom stereocenters. The summed E-state index contributed by atoms with van der Waals surface area (Å²) in [5.74, 6) is -0.0359. The first-order valence-electron chi connectivity index (χ1n) is 4.41. The fraction of sp³-hybridized carbons (Fsp3) is 0.889. The van der Waals surface area contributed by atoms with Gasteiger partial charge in [-0.05, 0) is 19.8 Å². The first-order chi connectivity index (χ1) is 5.56. The van der Waals surface area contributed by atoms with Crippen LogP contribution in [0, 0.1) is 0 Å². The average molecular weight is 174 g/mol. The van der Waals surface area contributed by atoms with Crippen molar-refractivity contribution in [1.29, 1.82) is 0 Å². The smallest absolute Gasteiger partial charge is 0.132 e. The molecule has 3 nitrogen and oxygen atoms in total. The Morgan fingerprint density at radius 1 is 1.33 bits per heavy atom. The normalized spacial score (nSPS) is 15.7. The predicted octanol–water partition coefficient (Wildman–Crippen LogP) is 0.877.